The van der Waals surface area contributed by atoms with Crippen molar-refractivity contribution in [3.8, 4) is 5.75 Å². The lowest BCUT2D eigenvalue weighted by Crippen LogP contribution is -2.51. The van der Waals surface area contributed by atoms with Gasteiger partial charge in [-0.2, -0.15) is 31.5 Å². The third-order valence-electron chi connectivity index (χ3n) is 7.64. The van der Waals surface area contributed by atoms with E-state index in [2.05, 4.69) is 20.1 Å². The third-order valence-corrected chi connectivity index (χ3v) is 7.95. The summed E-state index contributed by atoms with van der Waals surface area (Å²) in [6, 6.07) is -2.68. The first-order valence-electron chi connectivity index (χ1n) is 14.3. The van der Waals surface area contributed by atoms with E-state index < -0.39 is 51.6 Å². The van der Waals surface area contributed by atoms with Gasteiger partial charge in [-0.15, -0.1) is 5.10 Å². The molecule has 0 unspecified atom stereocenters. The molecule has 5 rings (SSSR count). The summed E-state index contributed by atoms with van der Waals surface area (Å²) in [6.45, 7) is 2.96. The van der Waals surface area contributed by atoms with Gasteiger partial charge in [0.15, 0.2) is 11.4 Å². The SMILES string of the molecule is CCc1c(N2CCN(C(=O)c3ncnc(C)c3O)CC2)c(=O)n2nc(N(C)C)nc2n1C(F)(F)C(=O)Nc1ccc(C(F)(F)F)cc1Cl. The van der Waals surface area contributed by atoms with E-state index in [4.69, 9.17) is 11.6 Å². The van der Waals surface area contributed by atoms with E-state index in [9.17, 15) is 32.7 Å². The Hall–Kier alpha value is -5.07. The maximum atomic E-state index is 16.4. The Labute approximate surface area is 273 Å². The van der Waals surface area contributed by atoms with E-state index in [1.807, 2.05) is 5.32 Å². The number of nitrogens with one attached hydrogen (secondary N) is 1. The van der Waals surface area contributed by atoms with Crippen LogP contribution in [0.25, 0.3) is 5.78 Å². The van der Waals surface area contributed by atoms with Crippen LogP contribution in [-0.4, -0.2) is 91.2 Å². The molecule has 0 atom stereocenters. The highest BCUT2D eigenvalue weighted by atomic mass is 35.5. The van der Waals surface area contributed by atoms with Crippen molar-refractivity contribution in [3.05, 3.63) is 62.5 Å². The number of aromatic nitrogens is 6. The first-order valence-corrected chi connectivity index (χ1v) is 14.7. The Morgan fingerprint density at radius 2 is 1.75 bits per heavy atom. The molecule has 1 aliphatic heterocycles. The van der Waals surface area contributed by atoms with Crippen LogP contribution in [0, 0.1) is 6.92 Å². The van der Waals surface area contributed by atoms with Crippen molar-refractivity contribution in [2.75, 3.05) is 55.4 Å². The van der Waals surface area contributed by atoms with Crippen molar-refractivity contribution in [2.45, 2.75) is 32.5 Å². The largest absolute Gasteiger partial charge is 0.504 e. The summed E-state index contributed by atoms with van der Waals surface area (Å²) in [5, 5.41) is 15.6. The summed E-state index contributed by atoms with van der Waals surface area (Å²) in [4.78, 5) is 56.2. The summed E-state index contributed by atoms with van der Waals surface area (Å²) in [6.07, 6.45) is -3.84. The second-order valence-corrected chi connectivity index (χ2v) is 11.3. The van der Waals surface area contributed by atoms with Gasteiger partial charge in [0.25, 0.3) is 11.5 Å². The van der Waals surface area contributed by atoms with Crippen molar-refractivity contribution in [1.82, 2.24) is 34.0 Å². The average Bonchev–Trinajstić information content (AvgIpc) is 3.48. The maximum absolute atomic E-state index is 16.4. The lowest BCUT2D eigenvalue weighted by atomic mass is 10.1. The molecule has 2 N–H and O–H groups in total. The van der Waals surface area contributed by atoms with Gasteiger partial charge in [-0.3, -0.25) is 14.4 Å². The number of fused-ring (bicyclic) bond motifs is 1. The topological polar surface area (TPSA) is 154 Å². The van der Waals surface area contributed by atoms with E-state index in [0.717, 1.165) is 12.4 Å². The van der Waals surface area contributed by atoms with Crippen molar-refractivity contribution in [3.63, 3.8) is 0 Å². The Morgan fingerprint density at radius 3 is 2.33 bits per heavy atom. The molecule has 4 aromatic rings. The van der Waals surface area contributed by atoms with Crippen LogP contribution in [-0.2, 0) is 23.4 Å². The molecule has 0 spiro atoms. The first-order chi connectivity index (χ1) is 22.5. The Morgan fingerprint density at radius 1 is 1.08 bits per heavy atom. The van der Waals surface area contributed by atoms with Gasteiger partial charge in [0, 0.05) is 40.3 Å². The fraction of sp³-hybridized carbons (Fsp3) is 0.393. The van der Waals surface area contributed by atoms with Crippen molar-refractivity contribution < 1.29 is 36.6 Å². The molecule has 14 nitrogen and oxygen atoms in total. The first kappa shape index (κ1) is 34.3. The lowest BCUT2D eigenvalue weighted by Gasteiger charge is -2.37. The number of hydrogen-bond donors (Lipinski definition) is 2. The number of hydrogen-bond acceptors (Lipinski definition) is 10. The number of alkyl halides is 5. The Kier molecular flexibility index (Phi) is 8.93. The fourth-order valence-electron chi connectivity index (χ4n) is 5.15. The standard InChI is InChI=1S/C28H28ClF5N10O4/c1-5-18-20(41-8-10-42(11-9-41)22(46)19-21(45)14(2)35-13-36-19)23(47)44-26(38-25(39-44)40(3)4)43(18)28(33,34)24(48)37-17-7-6-15(12-16(17)29)27(30,31)32/h6-7,12-13,45H,5,8-11H2,1-4H3,(H,37,48). The Bertz CT molecular complexity index is 1970. The number of halogens is 6. The van der Waals surface area contributed by atoms with Crippen molar-refractivity contribution in [2.24, 2.45) is 0 Å². The number of anilines is 3. The van der Waals surface area contributed by atoms with E-state index in [1.165, 1.54) is 42.6 Å². The number of carbonyl (C=O) groups excluding carboxylic acids is 2. The summed E-state index contributed by atoms with van der Waals surface area (Å²) >= 11 is 5.91. The minimum Gasteiger partial charge on any atom is -0.504 e. The molecule has 0 saturated carbocycles. The molecule has 2 amide bonds. The van der Waals surface area contributed by atoms with E-state index in [1.54, 1.807) is 0 Å². The predicted octanol–water partition coefficient (Wildman–Crippen LogP) is 3.15. The minimum absolute atomic E-state index is 0.00552. The van der Waals surface area contributed by atoms with Gasteiger partial charge < -0.3 is 25.1 Å². The molecule has 20 heteroatoms. The van der Waals surface area contributed by atoms with Crippen LogP contribution in [0.15, 0.2) is 29.3 Å². The number of benzene rings is 1. The number of amides is 2. The molecule has 0 radical (unpaired) electrons. The second kappa shape index (κ2) is 12.5. The van der Waals surface area contributed by atoms with Gasteiger partial charge in [-0.1, -0.05) is 18.5 Å². The normalized spacial score (nSPS) is 14.0. The van der Waals surface area contributed by atoms with Gasteiger partial charge in [0.1, 0.15) is 12.0 Å². The number of aryl methyl sites for hydroxylation is 1. The van der Waals surface area contributed by atoms with Gasteiger partial charge in [-0.25, -0.2) is 14.5 Å². The third kappa shape index (κ3) is 6.04. The second-order valence-electron chi connectivity index (χ2n) is 10.9. The monoisotopic (exact) mass is 698 g/mol. The van der Waals surface area contributed by atoms with E-state index in [-0.39, 0.29) is 71.6 Å². The zero-order valence-electron chi connectivity index (χ0n) is 25.8. The summed E-state index contributed by atoms with van der Waals surface area (Å²) in [7, 11) is 3.02. The number of aromatic hydroxyl groups is 1. The zero-order chi connectivity index (χ0) is 35.3. The average molecular weight is 699 g/mol. The summed E-state index contributed by atoms with van der Waals surface area (Å²) in [5.74, 6) is -3.75. The zero-order valence-corrected chi connectivity index (χ0v) is 26.6. The number of nitrogens with zero attached hydrogens (tertiary/aromatic N) is 9. The Balaban J connectivity index is 1.55. The number of rotatable bonds is 7. The molecule has 1 saturated heterocycles. The molecule has 1 aromatic carbocycles. The summed E-state index contributed by atoms with van der Waals surface area (Å²) < 4.78 is 72.9. The predicted molar refractivity (Wildman–Crippen MR) is 163 cm³/mol. The highest BCUT2D eigenvalue weighted by molar-refractivity contribution is 6.33. The van der Waals surface area contributed by atoms with Crippen LogP contribution in [0.1, 0.15) is 34.4 Å². The van der Waals surface area contributed by atoms with Crippen molar-refractivity contribution >= 4 is 46.5 Å². The van der Waals surface area contributed by atoms with Gasteiger partial charge in [0.2, 0.25) is 11.7 Å². The molecule has 256 valence electrons. The molecular formula is C28H28ClF5N10O4. The van der Waals surface area contributed by atoms with Crippen LogP contribution >= 0.6 is 11.6 Å². The van der Waals surface area contributed by atoms with Crippen molar-refractivity contribution in [1.29, 1.82) is 0 Å². The molecule has 48 heavy (non-hydrogen) atoms. The highest BCUT2D eigenvalue weighted by Crippen LogP contribution is 2.36. The van der Waals surface area contributed by atoms with E-state index in [0.29, 0.717) is 16.6 Å². The molecular weight excluding hydrogens is 671 g/mol. The fourth-order valence-corrected chi connectivity index (χ4v) is 5.38. The quantitative estimate of drug-likeness (QED) is 0.275. The number of carbonyl (C=O) groups is 2. The molecule has 3 aromatic heterocycles. The molecule has 1 aliphatic rings. The summed E-state index contributed by atoms with van der Waals surface area (Å²) in [5.41, 5.74) is -3.02. The van der Waals surface area contributed by atoms with Gasteiger partial charge >= 0.3 is 18.1 Å². The molecule has 4 heterocycles. The van der Waals surface area contributed by atoms with Gasteiger partial charge in [-0.05, 0) is 31.5 Å². The highest BCUT2D eigenvalue weighted by Gasteiger charge is 2.46. The molecule has 0 bridgehead atoms. The lowest BCUT2D eigenvalue weighted by molar-refractivity contribution is -0.154. The molecule has 0 aliphatic carbocycles. The van der Waals surface area contributed by atoms with Crippen LogP contribution in [0.2, 0.25) is 5.02 Å². The van der Waals surface area contributed by atoms with Crippen LogP contribution < -0.4 is 20.7 Å². The van der Waals surface area contributed by atoms with Crippen LogP contribution in [0.5, 0.6) is 5.75 Å². The van der Waals surface area contributed by atoms with E-state index >= 15 is 8.78 Å². The molecule has 1 fully saturated rings. The van der Waals surface area contributed by atoms with Crippen LogP contribution in [0.4, 0.5) is 39.3 Å². The minimum atomic E-state index is -4.77. The van der Waals surface area contributed by atoms with Gasteiger partial charge in [0.05, 0.1) is 27.7 Å². The maximum Gasteiger partial charge on any atom is 0.416 e. The van der Waals surface area contributed by atoms with Crippen LogP contribution in [0.3, 0.4) is 0 Å². The smallest absolute Gasteiger partial charge is 0.416 e. The number of piperazine rings is 1.